The average Bonchev–Trinajstić information content (AvgIpc) is 3.28. The largest absolute Gasteiger partial charge is 0.241 e. The number of rotatable bonds is 7. The highest BCUT2D eigenvalue weighted by molar-refractivity contribution is 7.89. The maximum absolute atomic E-state index is 13.1. The van der Waals surface area contributed by atoms with Crippen LogP contribution >= 0.6 is 0 Å². The van der Waals surface area contributed by atoms with Gasteiger partial charge in [0.1, 0.15) is 5.82 Å². The number of hydrogen-bond donors (Lipinski definition) is 1. The zero-order valence-corrected chi connectivity index (χ0v) is 16.7. The Kier molecular flexibility index (Phi) is 5.69. The molecular weight excluding hydrogens is 403 g/mol. The van der Waals surface area contributed by atoms with Crippen LogP contribution in [0.15, 0.2) is 96.2 Å². The summed E-state index contributed by atoms with van der Waals surface area (Å²) in [4.78, 5) is 1.58. The van der Waals surface area contributed by atoms with E-state index in [0.717, 1.165) is 16.7 Å². The molecule has 0 aliphatic carbocycles. The van der Waals surface area contributed by atoms with Crippen LogP contribution in [-0.2, 0) is 16.6 Å². The number of sulfonamides is 1. The third-order valence-electron chi connectivity index (χ3n) is 4.65. The van der Waals surface area contributed by atoms with Gasteiger partial charge in [0.05, 0.1) is 29.9 Å². The summed E-state index contributed by atoms with van der Waals surface area (Å²) in [5, 5.41) is 8.16. The fourth-order valence-electron chi connectivity index (χ4n) is 3.12. The van der Waals surface area contributed by atoms with Crippen LogP contribution in [-0.4, -0.2) is 23.4 Å². The lowest BCUT2D eigenvalue weighted by Crippen LogP contribution is -2.32. The van der Waals surface area contributed by atoms with Gasteiger partial charge in [-0.15, -0.1) is 0 Å². The molecule has 4 aromatic rings. The predicted octanol–water partition coefficient (Wildman–Crippen LogP) is 3.80. The Bertz CT molecular complexity index is 1190. The van der Waals surface area contributed by atoms with Gasteiger partial charge in [-0.1, -0.05) is 54.6 Å². The Morgan fingerprint density at radius 1 is 0.833 bits per heavy atom. The van der Waals surface area contributed by atoms with E-state index in [2.05, 4.69) is 14.9 Å². The number of nitrogens with zero attached hydrogens (tertiary/aromatic N) is 3. The van der Waals surface area contributed by atoms with E-state index in [0.29, 0.717) is 0 Å². The van der Waals surface area contributed by atoms with Crippen molar-refractivity contribution in [2.24, 2.45) is 0 Å². The van der Waals surface area contributed by atoms with E-state index in [4.69, 9.17) is 0 Å². The van der Waals surface area contributed by atoms with Gasteiger partial charge in [0.2, 0.25) is 10.0 Å². The van der Waals surface area contributed by atoms with Gasteiger partial charge in [-0.2, -0.15) is 15.0 Å². The first-order chi connectivity index (χ1) is 14.5. The smallest absolute Gasteiger partial charge is 0.207 e. The average molecular weight is 422 g/mol. The topological polar surface area (TPSA) is 76.9 Å². The molecule has 30 heavy (non-hydrogen) atoms. The van der Waals surface area contributed by atoms with Crippen molar-refractivity contribution < 1.29 is 12.8 Å². The molecule has 152 valence electrons. The second-order valence-corrected chi connectivity index (χ2v) is 8.41. The van der Waals surface area contributed by atoms with E-state index >= 15 is 0 Å². The molecule has 0 aliphatic rings. The van der Waals surface area contributed by atoms with E-state index in [1.165, 1.54) is 29.1 Å². The van der Waals surface area contributed by atoms with Crippen molar-refractivity contribution >= 4 is 10.0 Å². The second-order valence-electron chi connectivity index (χ2n) is 6.70. The summed E-state index contributed by atoms with van der Waals surface area (Å²) >= 11 is 0. The number of halogens is 1. The van der Waals surface area contributed by atoms with Crippen LogP contribution in [0.2, 0.25) is 0 Å². The van der Waals surface area contributed by atoms with Crippen LogP contribution in [0, 0.1) is 5.82 Å². The molecule has 1 aromatic heterocycles. The summed E-state index contributed by atoms with van der Waals surface area (Å²) in [5.74, 6) is -0.319. The monoisotopic (exact) mass is 422 g/mol. The lowest BCUT2D eigenvalue weighted by molar-refractivity contribution is 0.444. The Balaban J connectivity index is 1.58. The minimum Gasteiger partial charge on any atom is -0.207 e. The molecule has 4 rings (SSSR count). The summed E-state index contributed by atoms with van der Waals surface area (Å²) in [6.07, 6.45) is 3.09. The summed E-state index contributed by atoms with van der Waals surface area (Å²) in [6, 6.07) is 21.3. The maximum atomic E-state index is 13.1. The molecule has 1 N–H and O–H groups in total. The SMILES string of the molecule is O=S(=O)(NC(Cn1nccn1)c1ccccc1)c1ccc(-c2ccc(F)cc2)cc1. The molecule has 1 heterocycles. The van der Waals surface area contributed by atoms with Gasteiger partial charge in [-0.05, 0) is 41.0 Å². The molecule has 3 aromatic carbocycles. The van der Waals surface area contributed by atoms with E-state index in [1.807, 2.05) is 30.3 Å². The number of hydrogen-bond acceptors (Lipinski definition) is 4. The quantitative estimate of drug-likeness (QED) is 0.491. The van der Waals surface area contributed by atoms with Gasteiger partial charge in [0, 0.05) is 0 Å². The van der Waals surface area contributed by atoms with Gasteiger partial charge in [0.25, 0.3) is 0 Å². The fraction of sp³-hybridized carbons (Fsp3) is 0.0909. The molecule has 1 unspecified atom stereocenters. The molecular formula is C22H19FN4O2S. The van der Waals surface area contributed by atoms with Crippen LogP contribution < -0.4 is 4.72 Å². The zero-order valence-electron chi connectivity index (χ0n) is 15.9. The normalized spacial score (nSPS) is 12.6. The van der Waals surface area contributed by atoms with Crippen molar-refractivity contribution in [2.45, 2.75) is 17.5 Å². The van der Waals surface area contributed by atoms with Crippen molar-refractivity contribution in [2.75, 3.05) is 0 Å². The van der Waals surface area contributed by atoms with Crippen molar-refractivity contribution in [3.8, 4) is 11.1 Å². The lowest BCUT2D eigenvalue weighted by Gasteiger charge is -2.19. The number of nitrogens with one attached hydrogen (secondary N) is 1. The number of aromatic nitrogens is 3. The van der Waals surface area contributed by atoms with Gasteiger partial charge in [-0.25, -0.2) is 17.5 Å². The predicted molar refractivity (Wildman–Crippen MR) is 111 cm³/mol. The minimum atomic E-state index is -3.80. The van der Waals surface area contributed by atoms with Crippen molar-refractivity contribution in [1.82, 2.24) is 19.7 Å². The van der Waals surface area contributed by atoms with Gasteiger partial charge in [-0.3, -0.25) is 0 Å². The summed E-state index contributed by atoms with van der Waals surface area (Å²) in [5.41, 5.74) is 2.41. The first kappa shape index (κ1) is 19.9. The highest BCUT2D eigenvalue weighted by Gasteiger charge is 2.22. The minimum absolute atomic E-state index is 0.141. The third-order valence-corrected chi connectivity index (χ3v) is 6.14. The molecule has 0 amide bonds. The van der Waals surface area contributed by atoms with Crippen LogP contribution in [0.4, 0.5) is 4.39 Å². The molecule has 0 radical (unpaired) electrons. The molecule has 0 saturated heterocycles. The third kappa shape index (κ3) is 4.61. The number of benzene rings is 3. The fourth-order valence-corrected chi connectivity index (χ4v) is 4.34. The molecule has 1 atom stereocenters. The van der Waals surface area contributed by atoms with E-state index in [9.17, 15) is 12.8 Å². The van der Waals surface area contributed by atoms with E-state index in [1.54, 1.807) is 36.7 Å². The first-order valence-corrected chi connectivity index (χ1v) is 10.8. The molecule has 0 spiro atoms. The van der Waals surface area contributed by atoms with Crippen LogP contribution in [0.5, 0.6) is 0 Å². The summed E-state index contributed by atoms with van der Waals surface area (Å²) < 4.78 is 41.9. The Morgan fingerprint density at radius 2 is 1.40 bits per heavy atom. The van der Waals surface area contributed by atoms with Gasteiger partial charge >= 0.3 is 0 Å². The Morgan fingerprint density at radius 3 is 2.00 bits per heavy atom. The van der Waals surface area contributed by atoms with E-state index in [-0.39, 0.29) is 17.3 Å². The van der Waals surface area contributed by atoms with Gasteiger partial charge in [0.15, 0.2) is 0 Å². The highest BCUT2D eigenvalue weighted by atomic mass is 32.2. The van der Waals surface area contributed by atoms with E-state index < -0.39 is 16.1 Å². The van der Waals surface area contributed by atoms with Crippen molar-refractivity contribution in [3.63, 3.8) is 0 Å². The maximum Gasteiger partial charge on any atom is 0.241 e. The van der Waals surface area contributed by atoms with Crippen LogP contribution in [0.25, 0.3) is 11.1 Å². The van der Waals surface area contributed by atoms with Crippen LogP contribution in [0.1, 0.15) is 11.6 Å². The van der Waals surface area contributed by atoms with Crippen molar-refractivity contribution in [1.29, 1.82) is 0 Å². The molecule has 6 nitrogen and oxygen atoms in total. The van der Waals surface area contributed by atoms with Crippen LogP contribution in [0.3, 0.4) is 0 Å². The van der Waals surface area contributed by atoms with Crippen molar-refractivity contribution in [3.05, 3.63) is 103 Å². The molecule has 0 bridgehead atoms. The molecule has 0 fully saturated rings. The summed E-state index contributed by atoms with van der Waals surface area (Å²) in [7, 11) is -3.80. The Labute approximate surface area is 174 Å². The summed E-state index contributed by atoms with van der Waals surface area (Å²) in [6.45, 7) is 0.254. The second kappa shape index (κ2) is 8.56. The highest BCUT2D eigenvalue weighted by Crippen LogP contribution is 2.23. The molecule has 0 saturated carbocycles. The lowest BCUT2D eigenvalue weighted by atomic mass is 10.1. The first-order valence-electron chi connectivity index (χ1n) is 9.29. The Hall–Kier alpha value is -3.36. The molecule has 8 heteroatoms. The van der Waals surface area contributed by atoms with Gasteiger partial charge < -0.3 is 0 Å². The zero-order chi connectivity index (χ0) is 21.0. The standard InChI is InChI=1S/C22H19FN4O2S/c23-20-10-6-17(7-11-20)18-8-12-21(13-9-18)30(28,29)26-22(16-27-24-14-15-25-27)19-4-2-1-3-5-19/h1-15,22,26H,16H2. The molecule has 0 aliphatic heterocycles.